The Hall–Kier alpha value is -4.30. The van der Waals surface area contributed by atoms with Crippen LogP contribution < -0.4 is 14.9 Å². The van der Waals surface area contributed by atoms with Crippen LogP contribution in [0.5, 0.6) is 11.5 Å². The molecule has 0 aliphatic heterocycles. The van der Waals surface area contributed by atoms with Gasteiger partial charge in [0, 0.05) is 21.5 Å². The number of ether oxygens (including phenoxy) is 2. The van der Waals surface area contributed by atoms with Crippen molar-refractivity contribution in [3.05, 3.63) is 117 Å². The van der Waals surface area contributed by atoms with Crippen LogP contribution >= 0.6 is 34.8 Å². The van der Waals surface area contributed by atoms with E-state index in [4.69, 9.17) is 44.3 Å². The zero-order valence-corrected chi connectivity index (χ0v) is 23.1. The van der Waals surface area contributed by atoms with Gasteiger partial charge >= 0.3 is 5.97 Å². The van der Waals surface area contributed by atoms with Gasteiger partial charge in [0.05, 0.1) is 28.9 Å². The van der Waals surface area contributed by atoms with Gasteiger partial charge in [-0.15, -0.1) is 0 Å². The van der Waals surface area contributed by atoms with E-state index in [0.717, 1.165) is 5.56 Å². The van der Waals surface area contributed by atoms with Crippen LogP contribution in [0.3, 0.4) is 0 Å². The molecule has 0 radical (unpaired) electrons. The molecule has 5 rings (SSSR count). The molecule has 0 saturated carbocycles. The largest absolute Gasteiger partial charge is 0.493 e. The van der Waals surface area contributed by atoms with E-state index in [1.54, 1.807) is 54.6 Å². The number of hydrogen-bond donors (Lipinski definition) is 2. The monoisotopic (exact) mass is 591 g/mol. The lowest BCUT2D eigenvalue weighted by Crippen LogP contribution is -2.18. The predicted octanol–water partition coefficient (Wildman–Crippen LogP) is 7.79. The van der Waals surface area contributed by atoms with Crippen LogP contribution in [0.25, 0.3) is 22.0 Å². The molecule has 0 bridgehead atoms. The average molecular weight is 593 g/mol. The number of nitrogens with zero attached hydrogens (tertiary/aromatic N) is 1. The van der Waals surface area contributed by atoms with Crippen LogP contribution in [0.4, 0.5) is 0 Å². The molecule has 200 valence electrons. The van der Waals surface area contributed by atoms with E-state index in [-0.39, 0.29) is 22.0 Å². The molecule has 4 aromatic carbocycles. The quantitative estimate of drug-likeness (QED) is 0.0873. The van der Waals surface area contributed by atoms with E-state index in [1.165, 1.54) is 13.3 Å². The summed E-state index contributed by atoms with van der Waals surface area (Å²) < 4.78 is 10.9. The van der Waals surface area contributed by atoms with E-state index in [2.05, 4.69) is 15.5 Å². The Morgan fingerprint density at radius 1 is 0.875 bits per heavy atom. The molecule has 40 heavy (non-hydrogen) atoms. The molecule has 0 aliphatic carbocycles. The van der Waals surface area contributed by atoms with Crippen LogP contribution in [0.15, 0.2) is 90.0 Å². The van der Waals surface area contributed by atoms with Gasteiger partial charge < -0.3 is 14.5 Å². The standard InChI is InChI=1S/C30H20Cl3N3O4/c1-39-25-13-17(11-12-24(25)40-30(38)20-9-5-6-10-21(20)32)16-34-36-29(37)28-26(18-7-3-2-4-8-18)27-22(33)14-19(31)15-23(27)35-28/h2-16,35H,1H3,(H,36,37). The molecule has 1 aromatic heterocycles. The van der Waals surface area contributed by atoms with Gasteiger partial charge in [-0.25, -0.2) is 10.2 Å². The number of halogens is 3. The number of amides is 1. The average Bonchev–Trinajstić information content (AvgIpc) is 3.34. The van der Waals surface area contributed by atoms with Crippen LogP contribution in [-0.4, -0.2) is 30.2 Å². The molecule has 0 atom stereocenters. The normalized spacial score (nSPS) is 11.1. The first-order valence-corrected chi connectivity index (χ1v) is 13.0. The van der Waals surface area contributed by atoms with Crippen molar-refractivity contribution in [3.63, 3.8) is 0 Å². The van der Waals surface area contributed by atoms with Gasteiger partial charge in [0.15, 0.2) is 11.5 Å². The van der Waals surface area contributed by atoms with Crippen molar-refractivity contribution in [3.8, 4) is 22.6 Å². The molecular weight excluding hydrogens is 573 g/mol. The molecule has 1 heterocycles. The smallest absolute Gasteiger partial charge is 0.345 e. The summed E-state index contributed by atoms with van der Waals surface area (Å²) in [5.74, 6) is -0.596. The number of H-pyrrole nitrogens is 1. The molecule has 10 heteroatoms. The molecule has 7 nitrogen and oxygen atoms in total. The molecule has 0 saturated heterocycles. The van der Waals surface area contributed by atoms with Crippen molar-refractivity contribution in [2.24, 2.45) is 5.10 Å². The molecular formula is C30H20Cl3N3O4. The highest BCUT2D eigenvalue weighted by Crippen LogP contribution is 2.38. The Morgan fingerprint density at radius 2 is 1.62 bits per heavy atom. The second-order valence-corrected chi connectivity index (χ2v) is 9.78. The summed E-state index contributed by atoms with van der Waals surface area (Å²) >= 11 is 18.8. The summed E-state index contributed by atoms with van der Waals surface area (Å²) in [5.41, 5.74) is 5.71. The van der Waals surface area contributed by atoms with Crippen molar-refractivity contribution in [2.45, 2.75) is 0 Å². The summed E-state index contributed by atoms with van der Waals surface area (Å²) in [4.78, 5) is 28.9. The van der Waals surface area contributed by atoms with Crippen molar-refractivity contribution >= 4 is 63.8 Å². The summed E-state index contributed by atoms with van der Waals surface area (Å²) in [6, 6.07) is 24.2. The van der Waals surface area contributed by atoms with E-state index < -0.39 is 11.9 Å². The summed E-state index contributed by atoms with van der Waals surface area (Å²) in [7, 11) is 1.45. The van der Waals surface area contributed by atoms with Crippen LogP contribution in [0, 0.1) is 0 Å². The predicted molar refractivity (Wildman–Crippen MR) is 158 cm³/mol. The summed E-state index contributed by atoms with van der Waals surface area (Å²) in [5, 5.41) is 5.92. The number of nitrogens with one attached hydrogen (secondary N) is 2. The number of hydrazone groups is 1. The Bertz CT molecular complexity index is 1770. The maximum absolute atomic E-state index is 13.2. The SMILES string of the molecule is COc1cc(C=NNC(=O)c2[nH]c3cc(Cl)cc(Cl)c3c2-c2ccccc2)ccc1OC(=O)c1ccccc1Cl. The molecule has 2 N–H and O–H groups in total. The highest BCUT2D eigenvalue weighted by Gasteiger charge is 2.21. The van der Waals surface area contributed by atoms with Crippen LogP contribution in [0.2, 0.25) is 15.1 Å². The molecule has 1 amide bonds. The van der Waals surface area contributed by atoms with Crippen LogP contribution in [0.1, 0.15) is 26.4 Å². The van der Waals surface area contributed by atoms with Gasteiger partial charge in [-0.3, -0.25) is 4.79 Å². The van der Waals surface area contributed by atoms with E-state index in [1.807, 2.05) is 30.3 Å². The van der Waals surface area contributed by atoms with Gasteiger partial charge in [-0.05, 0) is 53.6 Å². The van der Waals surface area contributed by atoms with E-state index >= 15 is 0 Å². The lowest BCUT2D eigenvalue weighted by Gasteiger charge is -2.10. The minimum Gasteiger partial charge on any atom is -0.493 e. The fraction of sp³-hybridized carbons (Fsp3) is 0.0333. The highest BCUT2D eigenvalue weighted by molar-refractivity contribution is 6.40. The first-order valence-electron chi connectivity index (χ1n) is 11.9. The van der Waals surface area contributed by atoms with Crippen molar-refractivity contribution < 1.29 is 19.1 Å². The number of aromatic amines is 1. The number of carbonyl (C=O) groups excluding carboxylic acids is 2. The number of methoxy groups -OCH3 is 1. The van der Waals surface area contributed by atoms with Gasteiger partial charge in [0.1, 0.15) is 5.69 Å². The van der Waals surface area contributed by atoms with Crippen molar-refractivity contribution in [1.29, 1.82) is 0 Å². The topological polar surface area (TPSA) is 92.8 Å². The molecule has 0 spiro atoms. The molecule has 0 aliphatic rings. The maximum atomic E-state index is 13.2. The minimum absolute atomic E-state index is 0.203. The number of rotatable bonds is 7. The van der Waals surface area contributed by atoms with Gasteiger partial charge in [-0.1, -0.05) is 77.3 Å². The fourth-order valence-corrected chi connectivity index (χ4v) is 4.96. The summed E-state index contributed by atoms with van der Waals surface area (Å²) in [6.07, 6.45) is 1.44. The summed E-state index contributed by atoms with van der Waals surface area (Å²) in [6.45, 7) is 0. The molecule has 0 fully saturated rings. The number of esters is 1. The van der Waals surface area contributed by atoms with Gasteiger partial charge in [-0.2, -0.15) is 5.10 Å². The third-order valence-electron chi connectivity index (χ3n) is 5.97. The van der Waals surface area contributed by atoms with E-state index in [0.29, 0.717) is 37.8 Å². The molecule has 5 aromatic rings. The lowest BCUT2D eigenvalue weighted by molar-refractivity contribution is 0.0729. The first kappa shape index (κ1) is 27.3. The number of benzene rings is 4. The fourth-order valence-electron chi connectivity index (χ4n) is 4.16. The van der Waals surface area contributed by atoms with Gasteiger partial charge in [0.25, 0.3) is 5.91 Å². The minimum atomic E-state index is -0.619. The second-order valence-electron chi connectivity index (χ2n) is 8.53. The Morgan fingerprint density at radius 3 is 2.38 bits per heavy atom. The van der Waals surface area contributed by atoms with Crippen molar-refractivity contribution in [2.75, 3.05) is 7.11 Å². The zero-order valence-electron chi connectivity index (χ0n) is 20.9. The zero-order chi connectivity index (χ0) is 28.2. The third-order valence-corrected chi connectivity index (χ3v) is 6.81. The lowest BCUT2D eigenvalue weighted by atomic mass is 10.0. The number of hydrogen-bond acceptors (Lipinski definition) is 5. The molecule has 0 unspecified atom stereocenters. The first-order chi connectivity index (χ1) is 19.4. The maximum Gasteiger partial charge on any atom is 0.345 e. The van der Waals surface area contributed by atoms with E-state index in [9.17, 15) is 9.59 Å². The Balaban J connectivity index is 1.37. The highest BCUT2D eigenvalue weighted by atomic mass is 35.5. The third kappa shape index (κ3) is 5.67. The number of aromatic nitrogens is 1. The van der Waals surface area contributed by atoms with Crippen LogP contribution in [-0.2, 0) is 0 Å². The van der Waals surface area contributed by atoms with Gasteiger partial charge in [0.2, 0.25) is 0 Å². The second kappa shape index (κ2) is 11.8. The Kier molecular flexibility index (Phi) is 8.07. The number of fused-ring (bicyclic) bond motifs is 1. The number of carbonyl (C=O) groups is 2. The Labute approximate surface area is 244 Å². The van der Waals surface area contributed by atoms with Crippen molar-refractivity contribution in [1.82, 2.24) is 10.4 Å².